The number of benzene rings is 3. The molecular weight excluding hydrogens is 385 g/mol. The second kappa shape index (κ2) is 8.09. The number of carbonyl (C=O) groups is 1. The first-order chi connectivity index (χ1) is 14.0. The second-order valence-corrected chi connectivity index (χ2v) is 7.85. The Kier molecular flexibility index (Phi) is 5.36. The summed E-state index contributed by atoms with van der Waals surface area (Å²) in [6.45, 7) is 0. The SMILES string of the molecule is CN(C)c1cccc(F)c1CSc1nc2ccc(C(=O)c3ccccc3)cc2[nH]1. The summed E-state index contributed by atoms with van der Waals surface area (Å²) in [5.74, 6) is 0.198. The fourth-order valence-electron chi connectivity index (χ4n) is 3.20. The second-order valence-electron chi connectivity index (χ2n) is 6.89. The van der Waals surface area contributed by atoms with E-state index in [9.17, 15) is 9.18 Å². The summed E-state index contributed by atoms with van der Waals surface area (Å²) in [5, 5.41) is 0.692. The van der Waals surface area contributed by atoms with Crippen molar-refractivity contribution in [2.24, 2.45) is 0 Å². The maximum Gasteiger partial charge on any atom is 0.193 e. The van der Waals surface area contributed by atoms with Crippen LogP contribution in [-0.4, -0.2) is 29.8 Å². The van der Waals surface area contributed by atoms with Crippen LogP contribution in [0.3, 0.4) is 0 Å². The van der Waals surface area contributed by atoms with Gasteiger partial charge in [-0.15, -0.1) is 0 Å². The molecule has 0 spiro atoms. The Morgan fingerprint density at radius 3 is 2.59 bits per heavy atom. The van der Waals surface area contributed by atoms with Gasteiger partial charge in [0.05, 0.1) is 11.0 Å². The molecule has 0 fully saturated rings. The number of anilines is 1. The van der Waals surface area contributed by atoms with E-state index in [1.165, 1.54) is 17.8 Å². The quantitative estimate of drug-likeness (QED) is 0.350. The molecule has 6 heteroatoms. The molecule has 0 saturated carbocycles. The molecule has 1 heterocycles. The molecule has 146 valence electrons. The zero-order valence-electron chi connectivity index (χ0n) is 16.1. The molecule has 0 radical (unpaired) electrons. The maximum absolute atomic E-state index is 14.3. The molecule has 0 bridgehead atoms. The number of aromatic nitrogens is 2. The van der Waals surface area contributed by atoms with E-state index in [2.05, 4.69) is 9.97 Å². The van der Waals surface area contributed by atoms with Crippen molar-refractivity contribution < 1.29 is 9.18 Å². The van der Waals surface area contributed by atoms with Crippen molar-refractivity contribution >= 4 is 34.3 Å². The van der Waals surface area contributed by atoms with Gasteiger partial charge in [0.25, 0.3) is 0 Å². The third-order valence-corrected chi connectivity index (χ3v) is 5.59. The highest BCUT2D eigenvalue weighted by Gasteiger charge is 2.14. The first-order valence-electron chi connectivity index (χ1n) is 9.20. The molecule has 0 unspecified atom stereocenters. The van der Waals surface area contributed by atoms with E-state index < -0.39 is 0 Å². The van der Waals surface area contributed by atoms with E-state index in [1.807, 2.05) is 55.4 Å². The number of rotatable bonds is 6. The van der Waals surface area contributed by atoms with Crippen LogP contribution in [0.4, 0.5) is 10.1 Å². The van der Waals surface area contributed by atoms with Gasteiger partial charge in [0.1, 0.15) is 5.82 Å². The number of thioether (sulfide) groups is 1. The summed E-state index contributed by atoms with van der Waals surface area (Å²) in [6, 6.07) is 19.7. The normalized spacial score (nSPS) is 11.0. The highest BCUT2D eigenvalue weighted by molar-refractivity contribution is 7.98. The number of carbonyl (C=O) groups excluding carboxylic acids is 1. The van der Waals surface area contributed by atoms with Gasteiger partial charge in [-0.1, -0.05) is 48.2 Å². The Balaban J connectivity index is 1.57. The number of hydrogen-bond donors (Lipinski definition) is 1. The first-order valence-corrected chi connectivity index (χ1v) is 10.2. The summed E-state index contributed by atoms with van der Waals surface area (Å²) in [7, 11) is 3.80. The van der Waals surface area contributed by atoms with E-state index in [-0.39, 0.29) is 11.6 Å². The summed E-state index contributed by atoms with van der Waals surface area (Å²) >= 11 is 1.44. The lowest BCUT2D eigenvalue weighted by Gasteiger charge is -2.17. The maximum atomic E-state index is 14.3. The summed E-state index contributed by atoms with van der Waals surface area (Å²) in [6.07, 6.45) is 0. The summed E-state index contributed by atoms with van der Waals surface area (Å²) in [4.78, 5) is 22.4. The van der Waals surface area contributed by atoms with Gasteiger partial charge in [-0.25, -0.2) is 9.37 Å². The van der Waals surface area contributed by atoms with E-state index in [1.54, 1.807) is 24.3 Å². The molecule has 1 N–H and O–H groups in total. The molecule has 0 atom stereocenters. The van der Waals surface area contributed by atoms with Crippen molar-refractivity contribution in [1.29, 1.82) is 0 Å². The molecule has 4 rings (SSSR count). The molecule has 4 nitrogen and oxygen atoms in total. The van der Waals surface area contributed by atoms with Crippen LogP contribution < -0.4 is 4.90 Å². The van der Waals surface area contributed by atoms with Crippen molar-refractivity contribution in [3.8, 4) is 0 Å². The van der Waals surface area contributed by atoms with Gasteiger partial charge in [0.15, 0.2) is 10.9 Å². The Morgan fingerprint density at radius 1 is 1.03 bits per heavy atom. The van der Waals surface area contributed by atoms with Crippen molar-refractivity contribution in [3.63, 3.8) is 0 Å². The van der Waals surface area contributed by atoms with Gasteiger partial charge in [0, 0.05) is 42.2 Å². The fourth-order valence-corrected chi connectivity index (χ4v) is 4.11. The largest absolute Gasteiger partial charge is 0.377 e. The number of fused-ring (bicyclic) bond motifs is 1. The van der Waals surface area contributed by atoms with Crippen LogP contribution in [0.25, 0.3) is 11.0 Å². The molecule has 0 amide bonds. The van der Waals surface area contributed by atoms with Crippen molar-refractivity contribution in [2.75, 3.05) is 19.0 Å². The lowest BCUT2D eigenvalue weighted by Crippen LogP contribution is -2.11. The van der Waals surface area contributed by atoms with E-state index in [0.29, 0.717) is 27.6 Å². The number of halogens is 1. The highest BCUT2D eigenvalue weighted by atomic mass is 32.2. The Hall–Kier alpha value is -3.12. The Labute approximate surface area is 172 Å². The van der Waals surface area contributed by atoms with Crippen LogP contribution in [-0.2, 0) is 5.75 Å². The molecule has 0 aliphatic heterocycles. The fraction of sp³-hybridized carbons (Fsp3) is 0.130. The topological polar surface area (TPSA) is 49.0 Å². The minimum Gasteiger partial charge on any atom is -0.377 e. The number of imidazole rings is 1. The van der Waals surface area contributed by atoms with Crippen LogP contribution in [0.2, 0.25) is 0 Å². The van der Waals surface area contributed by atoms with Crippen LogP contribution in [0.15, 0.2) is 71.9 Å². The average molecular weight is 405 g/mol. The number of nitrogens with zero attached hydrogens (tertiary/aromatic N) is 2. The molecule has 29 heavy (non-hydrogen) atoms. The molecule has 0 aliphatic rings. The molecule has 0 saturated heterocycles. The van der Waals surface area contributed by atoms with Crippen LogP contribution in [0.1, 0.15) is 21.5 Å². The van der Waals surface area contributed by atoms with Gasteiger partial charge in [-0.05, 0) is 30.3 Å². The van der Waals surface area contributed by atoms with Crippen LogP contribution in [0.5, 0.6) is 0 Å². The first kappa shape index (κ1) is 19.2. The number of H-pyrrole nitrogens is 1. The average Bonchev–Trinajstić information content (AvgIpc) is 3.14. The van der Waals surface area contributed by atoms with Gasteiger partial charge in [-0.2, -0.15) is 0 Å². The molecule has 0 aliphatic carbocycles. The third kappa shape index (κ3) is 4.03. The molecular formula is C23H20FN3OS. The zero-order chi connectivity index (χ0) is 20.4. The lowest BCUT2D eigenvalue weighted by molar-refractivity contribution is 0.103. The predicted molar refractivity (Wildman–Crippen MR) is 116 cm³/mol. The van der Waals surface area contributed by atoms with E-state index in [0.717, 1.165) is 16.7 Å². The van der Waals surface area contributed by atoms with Gasteiger partial charge in [-0.3, -0.25) is 4.79 Å². The minimum absolute atomic E-state index is 0.0294. The number of nitrogens with one attached hydrogen (secondary N) is 1. The van der Waals surface area contributed by atoms with Crippen molar-refractivity contribution in [2.45, 2.75) is 10.9 Å². The van der Waals surface area contributed by atoms with Crippen LogP contribution >= 0.6 is 11.8 Å². The monoisotopic (exact) mass is 405 g/mol. The molecule has 4 aromatic rings. The van der Waals surface area contributed by atoms with E-state index in [4.69, 9.17) is 0 Å². The van der Waals surface area contributed by atoms with Crippen LogP contribution in [0, 0.1) is 5.82 Å². The van der Waals surface area contributed by atoms with Gasteiger partial charge >= 0.3 is 0 Å². The smallest absolute Gasteiger partial charge is 0.193 e. The van der Waals surface area contributed by atoms with E-state index >= 15 is 0 Å². The number of hydrogen-bond acceptors (Lipinski definition) is 4. The Bertz CT molecular complexity index is 1170. The molecule has 1 aromatic heterocycles. The standard InChI is InChI=1S/C23H20FN3OS/c1-27(2)21-10-6-9-18(24)17(21)14-29-23-25-19-12-11-16(13-20(19)26-23)22(28)15-7-4-3-5-8-15/h3-13H,14H2,1-2H3,(H,25,26). The number of aromatic amines is 1. The third-order valence-electron chi connectivity index (χ3n) is 4.69. The molecule has 3 aromatic carbocycles. The predicted octanol–water partition coefficient (Wildman–Crippen LogP) is 5.29. The van der Waals surface area contributed by atoms with Crippen molar-refractivity contribution in [1.82, 2.24) is 9.97 Å². The van der Waals surface area contributed by atoms with Gasteiger partial charge in [0.2, 0.25) is 0 Å². The summed E-state index contributed by atoms with van der Waals surface area (Å²) < 4.78 is 14.3. The minimum atomic E-state index is -0.226. The lowest BCUT2D eigenvalue weighted by atomic mass is 10.0. The van der Waals surface area contributed by atoms with Gasteiger partial charge < -0.3 is 9.88 Å². The summed E-state index contributed by atoms with van der Waals surface area (Å²) in [5.41, 5.74) is 4.31. The Morgan fingerprint density at radius 2 is 1.83 bits per heavy atom. The zero-order valence-corrected chi connectivity index (χ0v) is 17.0. The van der Waals surface area contributed by atoms with Crippen molar-refractivity contribution in [3.05, 3.63) is 89.2 Å². The highest BCUT2D eigenvalue weighted by Crippen LogP contribution is 2.30. The number of ketones is 1.